The van der Waals surface area contributed by atoms with Crippen molar-refractivity contribution in [2.75, 3.05) is 6.54 Å². The second kappa shape index (κ2) is 7.14. The van der Waals surface area contributed by atoms with Crippen molar-refractivity contribution >= 4 is 0 Å². The smallest absolute Gasteiger partial charge is 0.138 e. The van der Waals surface area contributed by atoms with Crippen LogP contribution in [0.1, 0.15) is 37.7 Å². The van der Waals surface area contributed by atoms with E-state index < -0.39 is 0 Å². The molecule has 1 heterocycles. The van der Waals surface area contributed by atoms with Gasteiger partial charge in [-0.05, 0) is 30.7 Å². The third kappa shape index (κ3) is 3.63. The van der Waals surface area contributed by atoms with Crippen LogP contribution in [0.15, 0.2) is 30.6 Å². The molecular weight excluding hydrogens is 255 g/mol. The Balaban J connectivity index is 2.18. The molecule has 0 aliphatic rings. The van der Waals surface area contributed by atoms with Gasteiger partial charge in [0, 0.05) is 19.0 Å². The molecule has 0 saturated heterocycles. The summed E-state index contributed by atoms with van der Waals surface area (Å²) in [6.45, 7) is 5.84. The van der Waals surface area contributed by atoms with Crippen molar-refractivity contribution in [3.05, 3.63) is 47.8 Å². The minimum atomic E-state index is -0.208. The summed E-state index contributed by atoms with van der Waals surface area (Å²) in [5, 5.41) is 7.62. The minimum Gasteiger partial charge on any atom is -0.310 e. The highest BCUT2D eigenvalue weighted by molar-refractivity contribution is 5.21. The molecule has 0 saturated carbocycles. The van der Waals surface area contributed by atoms with E-state index in [4.69, 9.17) is 0 Å². The van der Waals surface area contributed by atoms with E-state index in [-0.39, 0.29) is 11.9 Å². The lowest BCUT2D eigenvalue weighted by Gasteiger charge is -2.18. The first-order chi connectivity index (χ1) is 9.74. The number of nitrogens with zero attached hydrogens (tertiary/aromatic N) is 3. The quantitative estimate of drug-likeness (QED) is 0.845. The van der Waals surface area contributed by atoms with Crippen molar-refractivity contribution in [2.24, 2.45) is 0 Å². The molecule has 4 nitrogen and oxygen atoms in total. The van der Waals surface area contributed by atoms with Crippen LogP contribution in [0, 0.1) is 5.82 Å². The van der Waals surface area contributed by atoms with Gasteiger partial charge < -0.3 is 5.32 Å². The molecule has 0 amide bonds. The van der Waals surface area contributed by atoms with E-state index in [0.717, 1.165) is 30.9 Å². The average Bonchev–Trinajstić information content (AvgIpc) is 2.86. The summed E-state index contributed by atoms with van der Waals surface area (Å²) >= 11 is 0. The van der Waals surface area contributed by atoms with Crippen molar-refractivity contribution in [1.29, 1.82) is 0 Å². The summed E-state index contributed by atoms with van der Waals surface area (Å²) in [5.41, 5.74) is 0.942. The Hall–Kier alpha value is -1.75. The van der Waals surface area contributed by atoms with Crippen LogP contribution in [-0.2, 0) is 13.0 Å². The van der Waals surface area contributed by atoms with Gasteiger partial charge in [0.15, 0.2) is 0 Å². The third-order valence-corrected chi connectivity index (χ3v) is 3.22. The van der Waals surface area contributed by atoms with Crippen LogP contribution < -0.4 is 5.32 Å². The van der Waals surface area contributed by atoms with Crippen LogP contribution in [0.4, 0.5) is 4.39 Å². The molecule has 5 heteroatoms. The first-order valence-electron chi connectivity index (χ1n) is 7.10. The second-order valence-corrected chi connectivity index (χ2v) is 4.77. The average molecular weight is 276 g/mol. The van der Waals surface area contributed by atoms with E-state index in [1.165, 1.54) is 6.07 Å². The van der Waals surface area contributed by atoms with Crippen LogP contribution in [0.3, 0.4) is 0 Å². The standard InChI is InChI=1S/C15H21FN4/c1-3-8-20-15(18-11-19-20)10-14(17-4-2)12-6-5-7-13(16)9-12/h5-7,9,11,14,17H,3-4,8,10H2,1-2H3. The maximum Gasteiger partial charge on any atom is 0.138 e. The van der Waals surface area contributed by atoms with Gasteiger partial charge in [0.25, 0.3) is 0 Å². The molecule has 1 unspecified atom stereocenters. The molecule has 1 aromatic carbocycles. The van der Waals surface area contributed by atoms with E-state index in [9.17, 15) is 4.39 Å². The zero-order chi connectivity index (χ0) is 14.4. The summed E-state index contributed by atoms with van der Waals surface area (Å²) in [6, 6.07) is 6.78. The third-order valence-electron chi connectivity index (χ3n) is 3.22. The van der Waals surface area contributed by atoms with E-state index in [1.807, 2.05) is 17.7 Å². The molecule has 0 radical (unpaired) electrons. The summed E-state index contributed by atoms with van der Waals surface area (Å²) in [4.78, 5) is 4.32. The van der Waals surface area contributed by atoms with Gasteiger partial charge in [-0.1, -0.05) is 26.0 Å². The molecule has 1 atom stereocenters. The normalized spacial score (nSPS) is 12.6. The summed E-state index contributed by atoms with van der Waals surface area (Å²) < 4.78 is 15.3. The fourth-order valence-electron chi connectivity index (χ4n) is 2.30. The van der Waals surface area contributed by atoms with Crippen LogP contribution in [0.25, 0.3) is 0 Å². The molecular formula is C15H21FN4. The summed E-state index contributed by atoms with van der Waals surface area (Å²) in [6.07, 6.45) is 3.30. The van der Waals surface area contributed by atoms with E-state index >= 15 is 0 Å². The van der Waals surface area contributed by atoms with Gasteiger partial charge in [-0.3, -0.25) is 4.68 Å². The molecule has 2 rings (SSSR count). The number of hydrogen-bond acceptors (Lipinski definition) is 3. The fraction of sp³-hybridized carbons (Fsp3) is 0.467. The van der Waals surface area contributed by atoms with E-state index in [0.29, 0.717) is 6.42 Å². The van der Waals surface area contributed by atoms with Crippen molar-refractivity contribution < 1.29 is 4.39 Å². The SMILES string of the molecule is CCCn1ncnc1CC(NCC)c1cccc(F)c1. The number of halogens is 1. The topological polar surface area (TPSA) is 42.7 Å². The molecule has 1 aromatic heterocycles. The van der Waals surface area contributed by atoms with Gasteiger partial charge in [-0.25, -0.2) is 9.37 Å². The zero-order valence-electron chi connectivity index (χ0n) is 12.0. The zero-order valence-corrected chi connectivity index (χ0v) is 12.0. The first kappa shape index (κ1) is 14.7. The van der Waals surface area contributed by atoms with Gasteiger partial charge in [0.2, 0.25) is 0 Å². The maximum atomic E-state index is 13.4. The highest BCUT2D eigenvalue weighted by Gasteiger charge is 2.15. The van der Waals surface area contributed by atoms with Gasteiger partial charge in [0.1, 0.15) is 18.0 Å². The van der Waals surface area contributed by atoms with Crippen LogP contribution >= 0.6 is 0 Å². The Bertz CT molecular complexity index is 538. The molecule has 0 spiro atoms. The number of nitrogens with one attached hydrogen (secondary N) is 1. The highest BCUT2D eigenvalue weighted by atomic mass is 19.1. The van der Waals surface area contributed by atoms with Gasteiger partial charge >= 0.3 is 0 Å². The molecule has 2 aromatic rings. The highest BCUT2D eigenvalue weighted by Crippen LogP contribution is 2.18. The number of aryl methyl sites for hydroxylation is 1. The van der Waals surface area contributed by atoms with Gasteiger partial charge in [0.05, 0.1) is 0 Å². The lowest BCUT2D eigenvalue weighted by Crippen LogP contribution is -2.24. The monoisotopic (exact) mass is 276 g/mol. The minimum absolute atomic E-state index is 0.0514. The van der Waals surface area contributed by atoms with Crippen molar-refractivity contribution in [1.82, 2.24) is 20.1 Å². The largest absolute Gasteiger partial charge is 0.310 e. The molecule has 0 bridgehead atoms. The lowest BCUT2D eigenvalue weighted by molar-refractivity contribution is 0.496. The summed E-state index contributed by atoms with van der Waals surface area (Å²) in [5.74, 6) is 0.725. The van der Waals surface area contributed by atoms with Gasteiger partial charge in [-0.15, -0.1) is 0 Å². The Morgan fingerprint density at radius 3 is 2.90 bits per heavy atom. The number of likely N-dealkylation sites (N-methyl/N-ethyl adjacent to an activating group) is 1. The Morgan fingerprint density at radius 1 is 1.35 bits per heavy atom. The van der Waals surface area contributed by atoms with Crippen LogP contribution in [0.2, 0.25) is 0 Å². The van der Waals surface area contributed by atoms with Crippen molar-refractivity contribution in [2.45, 2.75) is 39.3 Å². The van der Waals surface area contributed by atoms with Crippen molar-refractivity contribution in [3.63, 3.8) is 0 Å². The molecule has 1 N–H and O–H groups in total. The van der Waals surface area contributed by atoms with Gasteiger partial charge in [-0.2, -0.15) is 5.10 Å². The van der Waals surface area contributed by atoms with E-state index in [2.05, 4.69) is 22.3 Å². The number of hydrogen-bond donors (Lipinski definition) is 1. The number of benzene rings is 1. The Morgan fingerprint density at radius 2 is 2.20 bits per heavy atom. The predicted octanol–water partition coefficient (Wildman–Crippen LogP) is 2.72. The second-order valence-electron chi connectivity index (χ2n) is 4.77. The predicted molar refractivity (Wildman–Crippen MR) is 76.8 cm³/mol. The fourth-order valence-corrected chi connectivity index (χ4v) is 2.30. The molecule has 0 fully saturated rings. The lowest BCUT2D eigenvalue weighted by atomic mass is 10.0. The Labute approximate surface area is 119 Å². The molecule has 0 aliphatic carbocycles. The molecule has 108 valence electrons. The van der Waals surface area contributed by atoms with Crippen LogP contribution in [-0.4, -0.2) is 21.3 Å². The van der Waals surface area contributed by atoms with Crippen LogP contribution in [0.5, 0.6) is 0 Å². The molecule has 0 aliphatic heterocycles. The van der Waals surface area contributed by atoms with E-state index in [1.54, 1.807) is 18.5 Å². The van der Waals surface area contributed by atoms with Crippen molar-refractivity contribution in [3.8, 4) is 0 Å². The number of rotatable bonds is 7. The maximum absolute atomic E-state index is 13.4. The molecule has 20 heavy (non-hydrogen) atoms. The Kier molecular flexibility index (Phi) is 5.24. The number of aromatic nitrogens is 3. The summed E-state index contributed by atoms with van der Waals surface area (Å²) in [7, 11) is 0. The first-order valence-corrected chi connectivity index (χ1v) is 7.10.